The summed E-state index contributed by atoms with van der Waals surface area (Å²) in [5, 5.41) is 5.37. The van der Waals surface area contributed by atoms with E-state index in [0.717, 1.165) is 61.5 Å². The molecular formula is C20H25N5O3S. The number of fused-ring (bicyclic) bond motifs is 1. The van der Waals surface area contributed by atoms with Crippen LogP contribution in [-0.4, -0.2) is 64.8 Å². The first-order valence-corrected chi connectivity index (χ1v) is 10.4. The van der Waals surface area contributed by atoms with Crippen LogP contribution in [0, 0.1) is 6.92 Å². The predicted molar refractivity (Wildman–Crippen MR) is 112 cm³/mol. The molecule has 0 amide bonds. The van der Waals surface area contributed by atoms with Gasteiger partial charge in [0.25, 0.3) is 5.56 Å². The smallest absolute Gasteiger partial charge is 0.275 e. The Bertz CT molecular complexity index is 1060. The first kappa shape index (κ1) is 19.8. The molecule has 4 rings (SSSR count). The average Bonchev–Trinajstić information content (AvgIpc) is 3.12. The van der Waals surface area contributed by atoms with Crippen LogP contribution in [0.5, 0.6) is 11.5 Å². The molecule has 29 heavy (non-hydrogen) atoms. The molecular weight excluding hydrogens is 390 g/mol. The second-order valence-electron chi connectivity index (χ2n) is 7.17. The van der Waals surface area contributed by atoms with E-state index in [1.807, 2.05) is 19.1 Å². The van der Waals surface area contributed by atoms with Crippen LogP contribution in [0.15, 0.2) is 29.1 Å². The van der Waals surface area contributed by atoms with Crippen LogP contribution >= 0.6 is 11.3 Å². The van der Waals surface area contributed by atoms with E-state index < -0.39 is 0 Å². The fourth-order valence-electron chi connectivity index (χ4n) is 3.56. The number of benzene rings is 1. The van der Waals surface area contributed by atoms with Crippen molar-refractivity contribution in [2.24, 2.45) is 0 Å². The molecule has 0 radical (unpaired) electrons. The number of hydrogen-bond donors (Lipinski definition) is 0. The lowest BCUT2D eigenvalue weighted by Gasteiger charge is -2.34. The van der Waals surface area contributed by atoms with Crippen molar-refractivity contribution < 1.29 is 9.47 Å². The maximum atomic E-state index is 12.0. The van der Waals surface area contributed by atoms with Gasteiger partial charge in [-0.05, 0) is 24.6 Å². The summed E-state index contributed by atoms with van der Waals surface area (Å²) in [6, 6.07) is 7.60. The van der Waals surface area contributed by atoms with Crippen LogP contribution in [0.3, 0.4) is 0 Å². The molecule has 0 aliphatic carbocycles. The Morgan fingerprint density at radius 2 is 1.69 bits per heavy atom. The van der Waals surface area contributed by atoms with Crippen molar-refractivity contribution in [2.45, 2.75) is 20.0 Å². The Morgan fingerprint density at radius 3 is 2.38 bits per heavy atom. The molecule has 3 heterocycles. The summed E-state index contributed by atoms with van der Waals surface area (Å²) < 4.78 is 12.1. The maximum absolute atomic E-state index is 12.0. The van der Waals surface area contributed by atoms with Gasteiger partial charge in [-0.1, -0.05) is 17.4 Å². The van der Waals surface area contributed by atoms with Crippen molar-refractivity contribution in [2.75, 3.05) is 40.4 Å². The third-order valence-electron chi connectivity index (χ3n) is 5.09. The average molecular weight is 416 g/mol. The molecule has 0 unspecified atom stereocenters. The first-order chi connectivity index (χ1) is 14.1. The van der Waals surface area contributed by atoms with Crippen molar-refractivity contribution in [3.63, 3.8) is 0 Å². The minimum absolute atomic E-state index is 0.116. The Balaban J connectivity index is 1.35. The van der Waals surface area contributed by atoms with Gasteiger partial charge in [-0.15, -0.1) is 0 Å². The molecule has 8 nitrogen and oxygen atoms in total. The monoisotopic (exact) mass is 415 g/mol. The van der Waals surface area contributed by atoms with E-state index in [-0.39, 0.29) is 5.56 Å². The second kappa shape index (κ2) is 8.48. The summed E-state index contributed by atoms with van der Waals surface area (Å²) >= 11 is 1.49. The fraction of sp³-hybridized carbons (Fsp3) is 0.450. The summed E-state index contributed by atoms with van der Waals surface area (Å²) in [5.74, 6) is 1.51. The third kappa shape index (κ3) is 4.42. The minimum atomic E-state index is -0.116. The number of aromatic nitrogens is 3. The lowest BCUT2D eigenvalue weighted by Crippen LogP contribution is -2.45. The summed E-state index contributed by atoms with van der Waals surface area (Å²) in [6.07, 6.45) is 0. The van der Waals surface area contributed by atoms with Gasteiger partial charge in [-0.3, -0.25) is 14.6 Å². The quantitative estimate of drug-likeness (QED) is 0.608. The van der Waals surface area contributed by atoms with Crippen LogP contribution in [-0.2, 0) is 13.1 Å². The zero-order valence-electron chi connectivity index (χ0n) is 16.9. The van der Waals surface area contributed by atoms with Crippen LogP contribution < -0.4 is 15.0 Å². The van der Waals surface area contributed by atoms with Crippen molar-refractivity contribution in [3.05, 3.63) is 50.9 Å². The SMILES string of the molecule is COc1ccc(CN2CCN(Cc3nn4c(=O)cc(C)nc4s3)CC2)cc1OC. The molecule has 1 saturated heterocycles. The fourth-order valence-corrected chi connectivity index (χ4v) is 4.55. The summed E-state index contributed by atoms with van der Waals surface area (Å²) in [4.78, 5) is 21.9. The molecule has 1 aliphatic heterocycles. The van der Waals surface area contributed by atoms with Gasteiger partial charge in [0, 0.05) is 44.5 Å². The van der Waals surface area contributed by atoms with Crippen LogP contribution in [0.25, 0.3) is 4.96 Å². The van der Waals surface area contributed by atoms with E-state index >= 15 is 0 Å². The molecule has 0 spiro atoms. The lowest BCUT2D eigenvalue weighted by atomic mass is 10.1. The Labute approximate surface area is 173 Å². The number of methoxy groups -OCH3 is 2. The van der Waals surface area contributed by atoms with E-state index in [9.17, 15) is 4.79 Å². The molecule has 0 saturated carbocycles. The molecule has 154 valence electrons. The van der Waals surface area contributed by atoms with Gasteiger partial charge >= 0.3 is 0 Å². The van der Waals surface area contributed by atoms with Crippen molar-refractivity contribution in [1.82, 2.24) is 24.4 Å². The van der Waals surface area contributed by atoms with E-state index in [0.29, 0.717) is 4.96 Å². The largest absolute Gasteiger partial charge is 0.493 e. The standard InChI is InChI=1S/C20H25N5O3S/c1-14-10-19(26)25-20(21-14)29-18(22-25)13-24-8-6-23(7-9-24)12-15-4-5-16(27-2)17(11-15)28-3/h4-5,10-11H,6-9,12-13H2,1-3H3. The zero-order valence-corrected chi connectivity index (χ0v) is 17.7. The van der Waals surface area contributed by atoms with Gasteiger partial charge in [0.2, 0.25) is 4.96 Å². The number of aryl methyl sites for hydroxylation is 1. The molecule has 0 bridgehead atoms. The summed E-state index contributed by atoms with van der Waals surface area (Å²) in [5.41, 5.74) is 1.83. The molecule has 3 aromatic rings. The molecule has 1 fully saturated rings. The van der Waals surface area contributed by atoms with Gasteiger partial charge in [-0.2, -0.15) is 9.61 Å². The minimum Gasteiger partial charge on any atom is -0.493 e. The first-order valence-electron chi connectivity index (χ1n) is 9.58. The Hall–Kier alpha value is -2.49. The highest BCUT2D eigenvalue weighted by Crippen LogP contribution is 2.28. The second-order valence-corrected chi connectivity index (χ2v) is 8.21. The van der Waals surface area contributed by atoms with Gasteiger partial charge in [-0.25, -0.2) is 4.98 Å². The Kier molecular flexibility index (Phi) is 5.79. The third-order valence-corrected chi connectivity index (χ3v) is 5.99. The highest BCUT2D eigenvalue weighted by molar-refractivity contribution is 7.16. The molecule has 2 aromatic heterocycles. The van der Waals surface area contributed by atoms with Crippen molar-refractivity contribution in [3.8, 4) is 11.5 Å². The summed E-state index contributed by atoms with van der Waals surface area (Å²) in [6.45, 7) is 7.35. The molecule has 1 aromatic carbocycles. The zero-order chi connectivity index (χ0) is 20.4. The number of hydrogen-bond acceptors (Lipinski definition) is 8. The van der Waals surface area contributed by atoms with E-state index in [1.54, 1.807) is 14.2 Å². The van der Waals surface area contributed by atoms with Gasteiger partial charge in [0.15, 0.2) is 11.5 Å². The Morgan fingerprint density at radius 1 is 1.00 bits per heavy atom. The molecule has 0 N–H and O–H groups in total. The molecule has 9 heteroatoms. The van der Waals surface area contributed by atoms with E-state index in [4.69, 9.17) is 9.47 Å². The number of piperazine rings is 1. The van der Waals surface area contributed by atoms with Crippen LogP contribution in [0.2, 0.25) is 0 Å². The highest BCUT2D eigenvalue weighted by atomic mass is 32.1. The predicted octanol–water partition coefficient (Wildman–Crippen LogP) is 1.79. The number of rotatable bonds is 6. The van der Waals surface area contributed by atoms with E-state index in [1.165, 1.54) is 27.5 Å². The van der Waals surface area contributed by atoms with Gasteiger partial charge in [0.1, 0.15) is 5.01 Å². The van der Waals surface area contributed by atoms with Crippen LogP contribution in [0.4, 0.5) is 0 Å². The lowest BCUT2D eigenvalue weighted by molar-refractivity contribution is 0.121. The molecule has 1 aliphatic rings. The topological polar surface area (TPSA) is 72.2 Å². The van der Waals surface area contributed by atoms with Crippen molar-refractivity contribution in [1.29, 1.82) is 0 Å². The normalized spacial score (nSPS) is 15.7. The van der Waals surface area contributed by atoms with Crippen LogP contribution in [0.1, 0.15) is 16.3 Å². The van der Waals surface area contributed by atoms with E-state index in [2.05, 4.69) is 25.9 Å². The highest BCUT2D eigenvalue weighted by Gasteiger charge is 2.19. The number of ether oxygens (including phenoxy) is 2. The maximum Gasteiger partial charge on any atom is 0.275 e. The van der Waals surface area contributed by atoms with Gasteiger partial charge < -0.3 is 9.47 Å². The summed E-state index contributed by atoms with van der Waals surface area (Å²) in [7, 11) is 3.31. The molecule has 0 atom stereocenters. The van der Waals surface area contributed by atoms with Crippen molar-refractivity contribution >= 4 is 16.3 Å². The number of nitrogens with zero attached hydrogens (tertiary/aromatic N) is 5. The van der Waals surface area contributed by atoms with Gasteiger partial charge in [0.05, 0.1) is 20.8 Å².